The zero-order chi connectivity index (χ0) is 6.69. The molecule has 0 aromatic heterocycles. The summed E-state index contributed by atoms with van der Waals surface area (Å²) in [6.45, 7) is 1.44. The van der Waals surface area contributed by atoms with E-state index in [1.807, 2.05) is 0 Å². The maximum absolute atomic E-state index is 10.7. The average molecular weight is 124 g/mol. The van der Waals surface area contributed by atoms with Crippen LogP contribution in [0.25, 0.3) is 0 Å². The van der Waals surface area contributed by atoms with E-state index in [2.05, 4.69) is 16.6 Å². The topological polar surface area (TPSA) is 41.1 Å². The minimum atomic E-state index is -0.418. The summed E-state index contributed by atoms with van der Waals surface area (Å²) in [6.07, 6.45) is 5.02. The molecule has 1 heterocycles. The quantitative estimate of drug-likeness (QED) is 0.394. The fourth-order valence-electron chi connectivity index (χ4n) is 0.732. The molecule has 0 radical (unpaired) electrons. The first-order chi connectivity index (χ1) is 4.34. The van der Waals surface area contributed by atoms with Gasteiger partial charge in [-0.05, 0) is 0 Å². The molecule has 48 valence electrons. The van der Waals surface area contributed by atoms with Crippen LogP contribution in [-0.4, -0.2) is 25.0 Å². The van der Waals surface area contributed by atoms with Crippen molar-refractivity contribution in [2.75, 3.05) is 13.1 Å². The molecule has 1 saturated heterocycles. The average Bonchev–Trinajstić information content (AvgIpc) is 1.89. The minimum Gasteiger partial charge on any atom is -0.353 e. The lowest BCUT2D eigenvalue weighted by Gasteiger charge is -2.18. The van der Waals surface area contributed by atoms with Crippen molar-refractivity contribution < 1.29 is 4.79 Å². The number of piperazine rings is 1. The normalized spacial score (nSPS) is 26.6. The lowest BCUT2D eigenvalue weighted by molar-refractivity contribution is -0.122. The van der Waals surface area contributed by atoms with Crippen molar-refractivity contribution in [2.45, 2.75) is 6.04 Å². The zero-order valence-corrected chi connectivity index (χ0v) is 4.98. The standard InChI is InChI=1S/C6H8N2O/c1-2-5-6(9)8-4-3-7-5/h1,5,7H,3-4H2,(H,8,9)/t5-/m1/s1. The van der Waals surface area contributed by atoms with Crippen LogP contribution in [-0.2, 0) is 4.79 Å². The molecule has 9 heavy (non-hydrogen) atoms. The molecule has 0 aliphatic carbocycles. The zero-order valence-electron chi connectivity index (χ0n) is 4.98. The Morgan fingerprint density at radius 2 is 2.44 bits per heavy atom. The Morgan fingerprint density at radius 1 is 1.67 bits per heavy atom. The van der Waals surface area contributed by atoms with Gasteiger partial charge in [0, 0.05) is 13.1 Å². The first-order valence-electron chi connectivity index (χ1n) is 2.82. The van der Waals surface area contributed by atoms with Gasteiger partial charge in [-0.3, -0.25) is 10.1 Å². The number of hydrogen-bond donors (Lipinski definition) is 2. The van der Waals surface area contributed by atoms with E-state index in [-0.39, 0.29) is 5.91 Å². The monoisotopic (exact) mass is 124 g/mol. The van der Waals surface area contributed by atoms with Gasteiger partial charge in [-0.2, -0.15) is 0 Å². The Bertz CT molecular complexity index is 159. The molecular weight excluding hydrogens is 116 g/mol. The van der Waals surface area contributed by atoms with E-state index in [4.69, 9.17) is 6.42 Å². The molecule has 0 unspecified atom stereocenters. The fourth-order valence-corrected chi connectivity index (χ4v) is 0.732. The van der Waals surface area contributed by atoms with Crippen LogP contribution in [0.15, 0.2) is 0 Å². The van der Waals surface area contributed by atoms with Crippen LogP contribution < -0.4 is 10.6 Å². The fraction of sp³-hybridized carbons (Fsp3) is 0.500. The van der Waals surface area contributed by atoms with E-state index in [0.29, 0.717) is 6.54 Å². The van der Waals surface area contributed by atoms with Gasteiger partial charge in [0.1, 0.15) is 6.04 Å². The Balaban J connectivity index is 2.51. The number of nitrogens with one attached hydrogen (secondary N) is 2. The lowest BCUT2D eigenvalue weighted by Crippen LogP contribution is -2.52. The second-order valence-corrected chi connectivity index (χ2v) is 1.84. The molecule has 1 amide bonds. The largest absolute Gasteiger partial charge is 0.353 e. The summed E-state index contributed by atoms with van der Waals surface area (Å²) in [7, 11) is 0. The number of carbonyl (C=O) groups excluding carboxylic acids is 1. The van der Waals surface area contributed by atoms with Crippen molar-refractivity contribution in [2.24, 2.45) is 0 Å². The van der Waals surface area contributed by atoms with Gasteiger partial charge in [-0.25, -0.2) is 0 Å². The predicted molar refractivity (Wildman–Crippen MR) is 33.6 cm³/mol. The highest BCUT2D eigenvalue weighted by molar-refractivity contribution is 5.85. The van der Waals surface area contributed by atoms with Crippen LogP contribution in [0.5, 0.6) is 0 Å². The summed E-state index contributed by atoms with van der Waals surface area (Å²) in [5.41, 5.74) is 0. The predicted octanol–water partition coefficient (Wildman–Crippen LogP) is -1.29. The number of carbonyl (C=O) groups is 1. The first kappa shape index (κ1) is 6.12. The Hall–Kier alpha value is -1.01. The van der Waals surface area contributed by atoms with Gasteiger partial charge in [0.2, 0.25) is 5.91 Å². The number of hydrogen-bond acceptors (Lipinski definition) is 2. The molecule has 0 aromatic carbocycles. The number of rotatable bonds is 0. The van der Waals surface area contributed by atoms with Crippen LogP contribution in [0.3, 0.4) is 0 Å². The third-order valence-corrected chi connectivity index (χ3v) is 1.20. The van der Waals surface area contributed by atoms with Crippen LogP contribution in [0.2, 0.25) is 0 Å². The summed E-state index contributed by atoms with van der Waals surface area (Å²) >= 11 is 0. The molecule has 0 aromatic rings. The van der Waals surface area contributed by atoms with Crippen molar-refractivity contribution in [3.63, 3.8) is 0 Å². The van der Waals surface area contributed by atoms with Crippen LogP contribution in [0.4, 0.5) is 0 Å². The summed E-state index contributed by atoms with van der Waals surface area (Å²) in [5.74, 6) is 2.24. The smallest absolute Gasteiger partial charge is 0.249 e. The summed E-state index contributed by atoms with van der Waals surface area (Å²) < 4.78 is 0. The first-order valence-corrected chi connectivity index (χ1v) is 2.82. The van der Waals surface area contributed by atoms with Crippen molar-refractivity contribution in [3.05, 3.63) is 0 Å². The van der Waals surface area contributed by atoms with Gasteiger partial charge in [0.15, 0.2) is 0 Å². The molecule has 1 aliphatic rings. The van der Waals surface area contributed by atoms with Gasteiger partial charge in [0.05, 0.1) is 0 Å². The van der Waals surface area contributed by atoms with Crippen molar-refractivity contribution in [1.29, 1.82) is 0 Å². The highest BCUT2D eigenvalue weighted by atomic mass is 16.2. The minimum absolute atomic E-state index is 0.0937. The molecular formula is C6H8N2O. The third kappa shape index (κ3) is 1.21. The summed E-state index contributed by atoms with van der Waals surface area (Å²) in [6, 6.07) is -0.418. The van der Waals surface area contributed by atoms with Crippen molar-refractivity contribution >= 4 is 5.91 Å². The molecule has 1 rings (SSSR count). The Morgan fingerprint density at radius 3 is 2.89 bits per heavy atom. The number of terminal acetylenes is 1. The van der Waals surface area contributed by atoms with Gasteiger partial charge in [-0.1, -0.05) is 5.92 Å². The summed E-state index contributed by atoms with van der Waals surface area (Å²) in [4.78, 5) is 10.7. The molecule has 2 N–H and O–H groups in total. The maximum atomic E-state index is 10.7. The Kier molecular flexibility index (Phi) is 1.71. The highest BCUT2D eigenvalue weighted by Crippen LogP contribution is 1.84. The van der Waals surface area contributed by atoms with E-state index >= 15 is 0 Å². The van der Waals surface area contributed by atoms with Crippen LogP contribution in [0, 0.1) is 12.3 Å². The van der Waals surface area contributed by atoms with Crippen molar-refractivity contribution in [1.82, 2.24) is 10.6 Å². The van der Waals surface area contributed by atoms with E-state index in [1.165, 1.54) is 0 Å². The molecule has 0 bridgehead atoms. The maximum Gasteiger partial charge on any atom is 0.249 e. The summed E-state index contributed by atoms with van der Waals surface area (Å²) in [5, 5.41) is 5.51. The van der Waals surface area contributed by atoms with Gasteiger partial charge in [-0.15, -0.1) is 6.42 Å². The second-order valence-electron chi connectivity index (χ2n) is 1.84. The van der Waals surface area contributed by atoms with E-state index in [9.17, 15) is 4.79 Å². The molecule has 1 atom stereocenters. The van der Waals surface area contributed by atoms with E-state index in [1.54, 1.807) is 0 Å². The molecule has 1 aliphatic heterocycles. The molecule has 0 spiro atoms. The Labute approximate surface area is 53.8 Å². The SMILES string of the molecule is C#C[C@H]1NCCNC1=O. The van der Waals surface area contributed by atoms with Gasteiger partial charge in [0.25, 0.3) is 0 Å². The van der Waals surface area contributed by atoms with Crippen LogP contribution >= 0.6 is 0 Å². The lowest BCUT2D eigenvalue weighted by atomic mass is 10.2. The molecule has 3 nitrogen and oxygen atoms in total. The van der Waals surface area contributed by atoms with Crippen LogP contribution in [0.1, 0.15) is 0 Å². The highest BCUT2D eigenvalue weighted by Gasteiger charge is 2.17. The van der Waals surface area contributed by atoms with Crippen molar-refractivity contribution in [3.8, 4) is 12.3 Å². The van der Waals surface area contributed by atoms with E-state index in [0.717, 1.165) is 6.54 Å². The van der Waals surface area contributed by atoms with Gasteiger partial charge < -0.3 is 5.32 Å². The molecule has 0 saturated carbocycles. The van der Waals surface area contributed by atoms with Gasteiger partial charge >= 0.3 is 0 Å². The van der Waals surface area contributed by atoms with E-state index < -0.39 is 6.04 Å². The number of amides is 1. The molecule has 3 heteroatoms. The molecule has 1 fully saturated rings. The third-order valence-electron chi connectivity index (χ3n) is 1.20. The second kappa shape index (κ2) is 2.51.